The summed E-state index contributed by atoms with van der Waals surface area (Å²) < 4.78 is 16.3. The lowest BCUT2D eigenvalue weighted by Crippen LogP contribution is -2.30. The number of esters is 1. The van der Waals surface area contributed by atoms with Gasteiger partial charge in [0.1, 0.15) is 6.61 Å². The van der Waals surface area contributed by atoms with Crippen LogP contribution in [0.1, 0.15) is 31.7 Å². The van der Waals surface area contributed by atoms with Gasteiger partial charge in [-0.2, -0.15) is 0 Å². The van der Waals surface area contributed by atoms with Gasteiger partial charge in [-0.15, -0.1) is 0 Å². The molecular weight excluding hydrogens is 258 g/mol. The summed E-state index contributed by atoms with van der Waals surface area (Å²) in [6.07, 6.45) is 6.16. The van der Waals surface area contributed by atoms with Gasteiger partial charge in [0, 0.05) is 24.6 Å². The standard InChI is InChI=1S/C15H21NO4/c1-12(19-11-14-6-2-3-8-18-14)15(17)20-10-13-5-4-7-16-9-13/h4-5,7,9,12,14H,2-3,6,8,10-11H2,1H3. The first kappa shape index (κ1) is 14.9. The van der Waals surface area contributed by atoms with Gasteiger partial charge in [0.25, 0.3) is 0 Å². The highest BCUT2D eigenvalue weighted by atomic mass is 16.6. The Morgan fingerprint density at radius 3 is 3.15 bits per heavy atom. The van der Waals surface area contributed by atoms with E-state index in [1.54, 1.807) is 19.3 Å². The number of hydrogen-bond acceptors (Lipinski definition) is 5. The molecule has 1 saturated heterocycles. The second-order valence-electron chi connectivity index (χ2n) is 4.93. The van der Waals surface area contributed by atoms with Gasteiger partial charge < -0.3 is 14.2 Å². The topological polar surface area (TPSA) is 57.7 Å². The molecule has 20 heavy (non-hydrogen) atoms. The summed E-state index contributed by atoms with van der Waals surface area (Å²) in [5.74, 6) is -0.357. The number of carbonyl (C=O) groups is 1. The van der Waals surface area contributed by atoms with Crippen LogP contribution in [0.2, 0.25) is 0 Å². The Bertz CT molecular complexity index is 404. The van der Waals surface area contributed by atoms with Crippen LogP contribution in [-0.4, -0.2) is 36.4 Å². The quantitative estimate of drug-likeness (QED) is 0.746. The molecule has 0 aromatic carbocycles. The van der Waals surface area contributed by atoms with Crippen molar-refractivity contribution in [3.63, 3.8) is 0 Å². The van der Waals surface area contributed by atoms with Gasteiger partial charge in [-0.05, 0) is 32.3 Å². The van der Waals surface area contributed by atoms with E-state index >= 15 is 0 Å². The number of hydrogen-bond donors (Lipinski definition) is 0. The third-order valence-corrected chi connectivity index (χ3v) is 3.24. The lowest BCUT2D eigenvalue weighted by atomic mass is 10.1. The molecule has 1 aliphatic rings. The average molecular weight is 279 g/mol. The number of ether oxygens (including phenoxy) is 3. The second-order valence-corrected chi connectivity index (χ2v) is 4.93. The Balaban J connectivity index is 1.66. The lowest BCUT2D eigenvalue weighted by molar-refractivity contribution is -0.160. The van der Waals surface area contributed by atoms with Gasteiger partial charge in [-0.1, -0.05) is 6.07 Å². The Kier molecular flexibility index (Phi) is 5.95. The molecule has 0 bridgehead atoms. The first-order valence-electron chi connectivity index (χ1n) is 7.04. The van der Waals surface area contributed by atoms with Crippen molar-refractivity contribution in [2.75, 3.05) is 13.2 Å². The summed E-state index contributed by atoms with van der Waals surface area (Å²) in [5.41, 5.74) is 0.865. The van der Waals surface area contributed by atoms with Crippen molar-refractivity contribution in [2.45, 2.75) is 45.0 Å². The van der Waals surface area contributed by atoms with Crippen LogP contribution in [-0.2, 0) is 25.6 Å². The van der Waals surface area contributed by atoms with E-state index in [-0.39, 0.29) is 18.7 Å². The van der Waals surface area contributed by atoms with Gasteiger partial charge in [-0.25, -0.2) is 4.79 Å². The zero-order chi connectivity index (χ0) is 14.2. The van der Waals surface area contributed by atoms with Crippen molar-refractivity contribution in [1.29, 1.82) is 0 Å². The lowest BCUT2D eigenvalue weighted by Gasteiger charge is -2.23. The summed E-state index contributed by atoms with van der Waals surface area (Å²) in [7, 11) is 0. The summed E-state index contributed by atoms with van der Waals surface area (Å²) in [6, 6.07) is 3.67. The van der Waals surface area contributed by atoms with Crippen LogP contribution in [0.15, 0.2) is 24.5 Å². The molecule has 2 rings (SSSR count). The van der Waals surface area contributed by atoms with Gasteiger partial charge in [0.15, 0.2) is 6.10 Å². The summed E-state index contributed by atoms with van der Waals surface area (Å²) in [4.78, 5) is 15.7. The van der Waals surface area contributed by atoms with Crippen LogP contribution in [0.25, 0.3) is 0 Å². The third-order valence-electron chi connectivity index (χ3n) is 3.24. The molecule has 0 spiro atoms. The largest absolute Gasteiger partial charge is 0.459 e. The Morgan fingerprint density at radius 2 is 2.45 bits per heavy atom. The molecule has 0 aliphatic carbocycles. The maximum absolute atomic E-state index is 11.8. The molecule has 110 valence electrons. The van der Waals surface area contributed by atoms with Gasteiger partial charge in [0.05, 0.1) is 12.7 Å². The molecule has 1 fully saturated rings. The van der Waals surface area contributed by atoms with E-state index in [0.29, 0.717) is 6.61 Å². The first-order valence-corrected chi connectivity index (χ1v) is 7.04. The first-order chi connectivity index (χ1) is 9.75. The minimum atomic E-state index is -0.572. The van der Waals surface area contributed by atoms with Crippen LogP contribution in [0.4, 0.5) is 0 Å². The fourth-order valence-corrected chi connectivity index (χ4v) is 2.01. The van der Waals surface area contributed by atoms with Crippen LogP contribution >= 0.6 is 0 Å². The Labute approximate surface area is 119 Å². The summed E-state index contributed by atoms with van der Waals surface area (Å²) in [6.45, 7) is 3.16. The molecule has 2 atom stereocenters. The van der Waals surface area contributed by atoms with Crippen molar-refractivity contribution in [3.8, 4) is 0 Å². The molecule has 5 heteroatoms. The van der Waals surface area contributed by atoms with E-state index in [1.807, 2.05) is 12.1 Å². The normalized spacial score (nSPS) is 20.4. The van der Waals surface area contributed by atoms with Gasteiger partial charge in [-0.3, -0.25) is 4.98 Å². The number of aromatic nitrogens is 1. The highest BCUT2D eigenvalue weighted by Crippen LogP contribution is 2.13. The fourth-order valence-electron chi connectivity index (χ4n) is 2.01. The van der Waals surface area contributed by atoms with Crippen LogP contribution in [0, 0.1) is 0 Å². The molecule has 1 aliphatic heterocycles. The van der Waals surface area contributed by atoms with Crippen molar-refractivity contribution in [2.24, 2.45) is 0 Å². The average Bonchev–Trinajstić information content (AvgIpc) is 2.52. The van der Waals surface area contributed by atoms with Crippen molar-refractivity contribution < 1.29 is 19.0 Å². The smallest absolute Gasteiger partial charge is 0.335 e. The second kappa shape index (κ2) is 7.97. The molecule has 5 nitrogen and oxygen atoms in total. The zero-order valence-electron chi connectivity index (χ0n) is 11.8. The maximum Gasteiger partial charge on any atom is 0.335 e. The molecule has 1 aromatic heterocycles. The van der Waals surface area contributed by atoms with Crippen LogP contribution in [0.5, 0.6) is 0 Å². The van der Waals surface area contributed by atoms with E-state index in [2.05, 4.69) is 4.98 Å². The Morgan fingerprint density at radius 1 is 1.55 bits per heavy atom. The predicted octanol–water partition coefficient (Wildman–Crippen LogP) is 2.10. The fraction of sp³-hybridized carbons (Fsp3) is 0.600. The van der Waals surface area contributed by atoms with Crippen LogP contribution < -0.4 is 0 Å². The maximum atomic E-state index is 11.8. The molecular formula is C15H21NO4. The van der Waals surface area contributed by atoms with E-state index in [1.165, 1.54) is 0 Å². The monoisotopic (exact) mass is 279 g/mol. The van der Waals surface area contributed by atoms with Crippen LogP contribution in [0.3, 0.4) is 0 Å². The molecule has 0 N–H and O–H groups in total. The number of pyridine rings is 1. The number of carbonyl (C=O) groups excluding carboxylic acids is 1. The SMILES string of the molecule is CC(OCC1CCCCO1)C(=O)OCc1cccnc1. The molecule has 0 saturated carbocycles. The van der Waals surface area contributed by atoms with Crippen molar-refractivity contribution in [3.05, 3.63) is 30.1 Å². The van der Waals surface area contributed by atoms with E-state index in [4.69, 9.17) is 14.2 Å². The number of rotatable bonds is 6. The minimum Gasteiger partial charge on any atom is -0.459 e. The van der Waals surface area contributed by atoms with E-state index in [0.717, 1.165) is 31.4 Å². The molecule has 1 aromatic rings. The molecule has 0 amide bonds. The predicted molar refractivity (Wildman–Crippen MR) is 73.0 cm³/mol. The molecule has 2 heterocycles. The summed E-state index contributed by atoms with van der Waals surface area (Å²) in [5, 5.41) is 0. The van der Waals surface area contributed by atoms with E-state index < -0.39 is 6.10 Å². The minimum absolute atomic E-state index is 0.109. The van der Waals surface area contributed by atoms with Gasteiger partial charge >= 0.3 is 5.97 Å². The molecule has 2 unspecified atom stereocenters. The van der Waals surface area contributed by atoms with E-state index in [9.17, 15) is 4.79 Å². The molecule has 0 radical (unpaired) electrons. The number of nitrogens with zero attached hydrogens (tertiary/aromatic N) is 1. The van der Waals surface area contributed by atoms with Crippen molar-refractivity contribution >= 4 is 5.97 Å². The highest BCUT2D eigenvalue weighted by molar-refractivity contribution is 5.74. The zero-order valence-corrected chi connectivity index (χ0v) is 11.8. The Hall–Kier alpha value is -1.46. The summed E-state index contributed by atoms with van der Waals surface area (Å²) >= 11 is 0. The van der Waals surface area contributed by atoms with Crippen molar-refractivity contribution in [1.82, 2.24) is 4.98 Å². The third kappa shape index (κ3) is 4.90. The highest BCUT2D eigenvalue weighted by Gasteiger charge is 2.19. The van der Waals surface area contributed by atoms with Gasteiger partial charge in [0.2, 0.25) is 0 Å².